The van der Waals surface area contributed by atoms with Crippen LogP contribution in [-0.4, -0.2) is 11.1 Å². The van der Waals surface area contributed by atoms with E-state index in [0.29, 0.717) is 17.5 Å². The topological polar surface area (TPSA) is 47.2 Å². The Hall–Kier alpha value is -1.55. The van der Waals surface area contributed by atoms with E-state index in [0.717, 1.165) is 24.9 Å². The Bertz CT molecular complexity index is 640. The molecule has 1 heterocycles. The zero-order valence-electron chi connectivity index (χ0n) is 13.5. The summed E-state index contributed by atoms with van der Waals surface area (Å²) in [7, 11) is 1.74. The number of nitrogens with zero attached hydrogens (tertiary/aromatic N) is 1. The fourth-order valence-corrected chi connectivity index (χ4v) is 2.57. The minimum absolute atomic E-state index is 0.303. The molecule has 0 saturated heterocycles. The molecular weight excluding hydrogens is 264 g/mol. The number of nitrogens with one attached hydrogen (secondary N) is 1. The first-order valence-electron chi connectivity index (χ1n) is 7.85. The smallest absolute Gasteiger partial charge is 0.408 e. The van der Waals surface area contributed by atoms with Crippen LogP contribution in [-0.2, 0) is 7.05 Å². The first-order chi connectivity index (χ1) is 10.0. The maximum Gasteiger partial charge on any atom is 0.419 e. The molecule has 0 radical (unpaired) electrons. The van der Waals surface area contributed by atoms with Crippen LogP contribution >= 0.6 is 0 Å². The van der Waals surface area contributed by atoms with Crippen molar-refractivity contribution in [2.45, 2.75) is 46.1 Å². The van der Waals surface area contributed by atoms with Crippen molar-refractivity contribution < 1.29 is 4.42 Å². The highest BCUT2D eigenvalue weighted by Crippen LogP contribution is 2.24. The van der Waals surface area contributed by atoms with E-state index >= 15 is 0 Å². The van der Waals surface area contributed by atoms with E-state index in [9.17, 15) is 4.79 Å². The molecule has 116 valence electrons. The van der Waals surface area contributed by atoms with E-state index < -0.39 is 0 Å². The monoisotopic (exact) mass is 290 g/mol. The summed E-state index contributed by atoms with van der Waals surface area (Å²) in [6.45, 7) is 7.66. The third kappa shape index (κ3) is 3.76. The van der Waals surface area contributed by atoms with E-state index in [1.165, 1.54) is 12.0 Å². The van der Waals surface area contributed by atoms with Gasteiger partial charge in [-0.3, -0.25) is 4.57 Å². The number of oxazole rings is 1. The quantitative estimate of drug-likeness (QED) is 0.847. The SMILES string of the molecule is CCCNC(CCC(C)C)c1ccc2c(c1)oc(=O)n2C. The summed E-state index contributed by atoms with van der Waals surface area (Å²) in [5.74, 6) is 0.386. The van der Waals surface area contributed by atoms with Crippen molar-refractivity contribution in [3.63, 3.8) is 0 Å². The second-order valence-corrected chi connectivity index (χ2v) is 6.13. The van der Waals surface area contributed by atoms with Crippen molar-refractivity contribution in [2.75, 3.05) is 6.54 Å². The Labute approximate surface area is 126 Å². The highest BCUT2D eigenvalue weighted by molar-refractivity contribution is 5.73. The first-order valence-corrected chi connectivity index (χ1v) is 7.85. The Morgan fingerprint density at radius 1 is 1.29 bits per heavy atom. The van der Waals surface area contributed by atoms with Gasteiger partial charge in [0.25, 0.3) is 0 Å². The molecule has 2 aromatic rings. The van der Waals surface area contributed by atoms with Gasteiger partial charge in [-0.2, -0.15) is 0 Å². The van der Waals surface area contributed by atoms with E-state index in [4.69, 9.17) is 4.42 Å². The molecule has 4 nitrogen and oxygen atoms in total. The zero-order chi connectivity index (χ0) is 15.4. The van der Waals surface area contributed by atoms with E-state index in [1.54, 1.807) is 11.6 Å². The Morgan fingerprint density at radius 3 is 2.71 bits per heavy atom. The molecule has 1 N–H and O–H groups in total. The van der Waals surface area contributed by atoms with Crippen molar-refractivity contribution in [2.24, 2.45) is 13.0 Å². The van der Waals surface area contributed by atoms with Gasteiger partial charge >= 0.3 is 5.76 Å². The lowest BCUT2D eigenvalue weighted by atomic mass is 9.97. The van der Waals surface area contributed by atoms with Crippen LogP contribution in [0.25, 0.3) is 11.1 Å². The Morgan fingerprint density at radius 2 is 2.05 bits per heavy atom. The summed E-state index contributed by atoms with van der Waals surface area (Å²) in [4.78, 5) is 11.6. The molecule has 1 atom stereocenters. The average Bonchev–Trinajstić information content (AvgIpc) is 2.73. The standard InChI is InChI=1S/C17H26N2O2/c1-5-10-18-14(8-6-12(2)3)13-7-9-15-16(11-13)21-17(20)19(15)4/h7,9,11-12,14,18H,5-6,8,10H2,1-4H3. The second kappa shape index (κ2) is 6.94. The van der Waals surface area contributed by atoms with Gasteiger partial charge in [-0.1, -0.05) is 26.8 Å². The number of aromatic nitrogens is 1. The van der Waals surface area contributed by atoms with E-state index in [2.05, 4.69) is 32.2 Å². The second-order valence-electron chi connectivity index (χ2n) is 6.13. The van der Waals surface area contributed by atoms with E-state index in [-0.39, 0.29) is 5.76 Å². The molecule has 4 heteroatoms. The summed E-state index contributed by atoms with van der Waals surface area (Å²) in [5, 5.41) is 3.60. The lowest BCUT2D eigenvalue weighted by Crippen LogP contribution is -2.22. The van der Waals surface area contributed by atoms with Gasteiger partial charge < -0.3 is 9.73 Å². The van der Waals surface area contributed by atoms with Crippen LogP contribution in [0.1, 0.15) is 51.6 Å². The maximum atomic E-state index is 11.6. The van der Waals surface area contributed by atoms with Crippen LogP contribution in [0, 0.1) is 5.92 Å². The third-order valence-corrected chi connectivity index (χ3v) is 3.89. The van der Waals surface area contributed by atoms with Crippen molar-refractivity contribution in [1.29, 1.82) is 0 Å². The van der Waals surface area contributed by atoms with Gasteiger partial charge in [-0.15, -0.1) is 0 Å². The predicted molar refractivity (Wildman–Crippen MR) is 86.6 cm³/mol. The van der Waals surface area contributed by atoms with Gasteiger partial charge in [0.15, 0.2) is 5.58 Å². The van der Waals surface area contributed by atoms with Crippen LogP contribution in [0.15, 0.2) is 27.4 Å². The normalized spacial score (nSPS) is 13.2. The molecule has 0 spiro atoms. The molecule has 0 bridgehead atoms. The summed E-state index contributed by atoms with van der Waals surface area (Å²) >= 11 is 0. The van der Waals surface area contributed by atoms with Crippen molar-refractivity contribution >= 4 is 11.1 Å². The summed E-state index contributed by atoms with van der Waals surface area (Å²) in [6.07, 6.45) is 3.39. The van der Waals surface area contributed by atoms with Gasteiger partial charge in [0.1, 0.15) is 0 Å². The fourth-order valence-electron chi connectivity index (χ4n) is 2.57. The van der Waals surface area contributed by atoms with Crippen molar-refractivity contribution in [3.05, 3.63) is 34.3 Å². The first kappa shape index (κ1) is 15.8. The minimum Gasteiger partial charge on any atom is -0.408 e. The molecule has 0 fully saturated rings. The molecule has 2 rings (SSSR count). The summed E-state index contributed by atoms with van der Waals surface area (Å²) in [5.41, 5.74) is 2.72. The molecule has 21 heavy (non-hydrogen) atoms. The third-order valence-electron chi connectivity index (χ3n) is 3.89. The van der Waals surface area contributed by atoms with Crippen molar-refractivity contribution in [1.82, 2.24) is 9.88 Å². The average molecular weight is 290 g/mol. The lowest BCUT2D eigenvalue weighted by molar-refractivity contribution is 0.440. The molecular formula is C17H26N2O2. The summed E-state index contributed by atoms with van der Waals surface area (Å²) in [6, 6.07) is 6.41. The number of aryl methyl sites for hydroxylation is 1. The van der Waals surface area contributed by atoms with Gasteiger partial charge in [-0.05, 0) is 49.4 Å². The Balaban J connectivity index is 2.27. The molecule has 0 aliphatic heterocycles. The van der Waals surface area contributed by atoms with Crippen LogP contribution < -0.4 is 11.1 Å². The fraction of sp³-hybridized carbons (Fsp3) is 0.588. The van der Waals surface area contributed by atoms with Crippen LogP contribution in [0.5, 0.6) is 0 Å². The number of rotatable bonds is 7. The van der Waals surface area contributed by atoms with Crippen LogP contribution in [0.2, 0.25) is 0 Å². The highest BCUT2D eigenvalue weighted by atomic mass is 16.4. The van der Waals surface area contributed by atoms with E-state index in [1.807, 2.05) is 12.1 Å². The molecule has 1 unspecified atom stereocenters. The minimum atomic E-state index is -0.303. The van der Waals surface area contributed by atoms with Gasteiger partial charge in [0, 0.05) is 13.1 Å². The van der Waals surface area contributed by atoms with Gasteiger partial charge in [0.2, 0.25) is 0 Å². The van der Waals surface area contributed by atoms with Crippen LogP contribution in [0.3, 0.4) is 0 Å². The molecule has 0 amide bonds. The van der Waals surface area contributed by atoms with Gasteiger partial charge in [-0.25, -0.2) is 4.79 Å². The summed E-state index contributed by atoms with van der Waals surface area (Å²) < 4.78 is 6.84. The number of benzene rings is 1. The molecule has 0 aliphatic carbocycles. The maximum absolute atomic E-state index is 11.6. The number of hydrogen-bond donors (Lipinski definition) is 1. The zero-order valence-corrected chi connectivity index (χ0v) is 13.5. The highest BCUT2D eigenvalue weighted by Gasteiger charge is 2.14. The Kier molecular flexibility index (Phi) is 5.23. The molecule has 1 aromatic carbocycles. The van der Waals surface area contributed by atoms with Crippen LogP contribution in [0.4, 0.5) is 0 Å². The number of fused-ring (bicyclic) bond motifs is 1. The largest absolute Gasteiger partial charge is 0.419 e. The number of hydrogen-bond acceptors (Lipinski definition) is 3. The van der Waals surface area contributed by atoms with Crippen molar-refractivity contribution in [3.8, 4) is 0 Å². The molecule has 0 saturated carbocycles. The lowest BCUT2D eigenvalue weighted by Gasteiger charge is -2.20. The molecule has 1 aromatic heterocycles. The van der Waals surface area contributed by atoms with Gasteiger partial charge in [0.05, 0.1) is 5.52 Å². The predicted octanol–water partition coefficient (Wildman–Crippen LogP) is 3.61. The molecule has 0 aliphatic rings.